The monoisotopic (exact) mass is 332 g/mol. The third kappa shape index (κ3) is 2.22. The van der Waals surface area contributed by atoms with Crippen molar-refractivity contribution in [2.75, 3.05) is 12.4 Å². The molecule has 3 aromatic rings. The van der Waals surface area contributed by atoms with Gasteiger partial charge in [0.1, 0.15) is 11.6 Å². The van der Waals surface area contributed by atoms with Crippen LogP contribution in [0.3, 0.4) is 0 Å². The van der Waals surface area contributed by atoms with E-state index in [0.717, 1.165) is 10.9 Å². The van der Waals surface area contributed by atoms with Crippen molar-refractivity contribution in [2.45, 2.75) is 0 Å². The van der Waals surface area contributed by atoms with Gasteiger partial charge in [-0.1, -0.05) is 0 Å². The summed E-state index contributed by atoms with van der Waals surface area (Å²) in [6, 6.07) is 6.73. The molecule has 0 aliphatic rings. The molecule has 4 nitrogen and oxygen atoms in total. The van der Waals surface area contributed by atoms with E-state index in [1.807, 2.05) is 12.1 Å². The molecule has 0 aliphatic carbocycles. The van der Waals surface area contributed by atoms with Gasteiger partial charge in [0.2, 0.25) is 0 Å². The van der Waals surface area contributed by atoms with E-state index in [1.54, 1.807) is 25.5 Å². The van der Waals surface area contributed by atoms with Crippen molar-refractivity contribution < 1.29 is 4.39 Å². The molecule has 2 aromatic heterocycles. The lowest BCUT2D eigenvalue weighted by atomic mass is 10.2. The zero-order chi connectivity index (χ0) is 14.1. The first-order valence-corrected chi connectivity index (χ1v) is 6.73. The first-order valence-electron chi connectivity index (χ1n) is 5.94. The summed E-state index contributed by atoms with van der Waals surface area (Å²) in [5.74, 6) is 0.807. The third-order valence-electron chi connectivity index (χ3n) is 2.89. The minimum atomic E-state index is -0.351. The second-order valence-corrected chi connectivity index (χ2v) is 5.03. The number of hydrogen-bond donors (Lipinski definition) is 1. The lowest BCUT2D eigenvalue weighted by molar-refractivity contribution is 0.623. The Morgan fingerprint density at radius 3 is 2.80 bits per heavy atom. The van der Waals surface area contributed by atoms with Crippen LogP contribution in [0.15, 0.2) is 41.1 Å². The summed E-state index contributed by atoms with van der Waals surface area (Å²) < 4.78 is 14.1. The van der Waals surface area contributed by atoms with Crippen molar-refractivity contribution in [3.8, 4) is 11.4 Å². The zero-order valence-electron chi connectivity index (χ0n) is 10.6. The molecule has 0 saturated carbocycles. The molecule has 0 fully saturated rings. The molecule has 0 amide bonds. The molecule has 0 aliphatic heterocycles. The molecule has 3 rings (SSSR count). The molecule has 0 atom stereocenters. The van der Waals surface area contributed by atoms with Gasteiger partial charge in [-0.15, -0.1) is 0 Å². The predicted octanol–water partition coefficient (Wildman–Crippen LogP) is 3.64. The molecule has 0 radical (unpaired) electrons. The van der Waals surface area contributed by atoms with Crippen LogP contribution in [0.1, 0.15) is 0 Å². The smallest absolute Gasteiger partial charge is 0.163 e. The highest BCUT2D eigenvalue weighted by Gasteiger charge is 2.11. The number of nitrogens with one attached hydrogen (secondary N) is 1. The van der Waals surface area contributed by atoms with Crippen LogP contribution in [0.25, 0.3) is 22.3 Å². The maximum Gasteiger partial charge on any atom is 0.163 e. The number of halogens is 2. The molecule has 1 aromatic carbocycles. The van der Waals surface area contributed by atoms with Crippen LogP contribution in [0.5, 0.6) is 0 Å². The van der Waals surface area contributed by atoms with E-state index >= 15 is 0 Å². The molecule has 2 heterocycles. The van der Waals surface area contributed by atoms with Gasteiger partial charge in [0, 0.05) is 36.5 Å². The zero-order valence-corrected chi connectivity index (χ0v) is 12.1. The lowest BCUT2D eigenvalue weighted by Gasteiger charge is -2.09. The molecule has 6 heteroatoms. The Hall–Kier alpha value is -2.08. The number of nitrogens with zero attached hydrogens (tertiary/aromatic N) is 3. The average Bonchev–Trinajstić information content (AvgIpc) is 2.48. The van der Waals surface area contributed by atoms with Crippen LogP contribution < -0.4 is 5.32 Å². The largest absolute Gasteiger partial charge is 0.373 e. The number of fused-ring (bicyclic) bond motifs is 1. The van der Waals surface area contributed by atoms with Gasteiger partial charge in [-0.2, -0.15) is 0 Å². The van der Waals surface area contributed by atoms with Crippen LogP contribution >= 0.6 is 15.9 Å². The quantitative estimate of drug-likeness (QED) is 0.778. The third-order valence-corrected chi connectivity index (χ3v) is 3.50. The van der Waals surface area contributed by atoms with Crippen molar-refractivity contribution >= 4 is 32.7 Å². The van der Waals surface area contributed by atoms with Crippen molar-refractivity contribution in [2.24, 2.45) is 0 Å². The highest BCUT2D eigenvalue weighted by atomic mass is 79.9. The minimum absolute atomic E-state index is 0.351. The van der Waals surface area contributed by atoms with E-state index in [9.17, 15) is 4.39 Å². The van der Waals surface area contributed by atoms with Gasteiger partial charge in [0.15, 0.2) is 5.82 Å². The highest BCUT2D eigenvalue weighted by Crippen LogP contribution is 2.28. The van der Waals surface area contributed by atoms with Crippen LogP contribution in [0.2, 0.25) is 0 Å². The maximum absolute atomic E-state index is 13.7. The first kappa shape index (κ1) is 12.9. The summed E-state index contributed by atoms with van der Waals surface area (Å²) in [6.07, 6.45) is 3.36. The Morgan fingerprint density at radius 1 is 1.25 bits per heavy atom. The van der Waals surface area contributed by atoms with Gasteiger partial charge in [0.25, 0.3) is 0 Å². The number of benzene rings is 1. The molecule has 0 saturated heterocycles. The molecule has 1 N–H and O–H groups in total. The molecule has 0 bridgehead atoms. The molecule has 0 unspecified atom stereocenters. The van der Waals surface area contributed by atoms with Crippen molar-refractivity contribution in [1.82, 2.24) is 15.0 Å². The van der Waals surface area contributed by atoms with Gasteiger partial charge in [-0.3, -0.25) is 4.98 Å². The summed E-state index contributed by atoms with van der Waals surface area (Å²) >= 11 is 3.17. The van der Waals surface area contributed by atoms with E-state index in [0.29, 0.717) is 21.6 Å². The Balaban J connectivity index is 2.29. The second-order valence-electron chi connectivity index (χ2n) is 4.17. The predicted molar refractivity (Wildman–Crippen MR) is 80.0 cm³/mol. The van der Waals surface area contributed by atoms with Crippen LogP contribution in [0.4, 0.5) is 10.2 Å². The summed E-state index contributed by atoms with van der Waals surface area (Å²) in [4.78, 5) is 12.9. The van der Waals surface area contributed by atoms with Crippen LogP contribution in [0, 0.1) is 5.82 Å². The standard InChI is InChI=1S/C14H10BrFN4/c1-17-14-9-5-10(15)11(16)6-12(9)19-13(20-14)8-3-2-4-18-7-8/h2-7H,1H3,(H,17,19,20). The normalized spacial score (nSPS) is 10.8. The van der Waals surface area contributed by atoms with E-state index in [4.69, 9.17) is 0 Å². The first-order chi connectivity index (χ1) is 9.69. The molecular weight excluding hydrogens is 323 g/mol. The van der Waals surface area contributed by atoms with E-state index < -0.39 is 0 Å². The van der Waals surface area contributed by atoms with Gasteiger partial charge in [-0.05, 0) is 34.1 Å². The fourth-order valence-electron chi connectivity index (χ4n) is 1.94. The fourth-order valence-corrected chi connectivity index (χ4v) is 2.28. The minimum Gasteiger partial charge on any atom is -0.373 e. The number of hydrogen-bond acceptors (Lipinski definition) is 4. The molecule has 20 heavy (non-hydrogen) atoms. The van der Waals surface area contributed by atoms with Crippen LogP contribution in [-0.4, -0.2) is 22.0 Å². The van der Waals surface area contributed by atoms with Crippen molar-refractivity contribution in [3.63, 3.8) is 0 Å². The second kappa shape index (κ2) is 5.13. The van der Waals surface area contributed by atoms with Crippen LogP contribution in [-0.2, 0) is 0 Å². The molecule has 0 spiro atoms. The van der Waals surface area contributed by atoms with Gasteiger partial charge in [-0.25, -0.2) is 14.4 Å². The summed E-state index contributed by atoms with van der Waals surface area (Å²) in [5.41, 5.74) is 1.33. The Kier molecular flexibility index (Phi) is 3.31. The fraction of sp³-hybridized carbons (Fsp3) is 0.0714. The summed E-state index contributed by atoms with van der Waals surface area (Å²) in [6.45, 7) is 0. The Labute approximate surface area is 123 Å². The number of rotatable bonds is 2. The van der Waals surface area contributed by atoms with Gasteiger partial charge < -0.3 is 5.32 Å². The number of anilines is 1. The Morgan fingerprint density at radius 2 is 2.10 bits per heavy atom. The maximum atomic E-state index is 13.7. The van der Waals surface area contributed by atoms with E-state index in [1.165, 1.54) is 6.07 Å². The Bertz CT molecular complexity index is 777. The molecule has 100 valence electrons. The number of pyridine rings is 1. The van der Waals surface area contributed by atoms with E-state index in [-0.39, 0.29) is 5.82 Å². The van der Waals surface area contributed by atoms with Crippen molar-refractivity contribution in [1.29, 1.82) is 0 Å². The van der Waals surface area contributed by atoms with Crippen molar-refractivity contribution in [3.05, 3.63) is 46.9 Å². The average molecular weight is 333 g/mol. The summed E-state index contributed by atoms with van der Waals surface area (Å²) in [7, 11) is 1.77. The lowest BCUT2D eigenvalue weighted by Crippen LogP contribution is -1.99. The summed E-state index contributed by atoms with van der Waals surface area (Å²) in [5, 5.41) is 3.77. The van der Waals surface area contributed by atoms with Gasteiger partial charge in [0.05, 0.1) is 9.99 Å². The molecular formula is C14H10BrFN4. The SMILES string of the molecule is CNc1nc(-c2cccnc2)nc2cc(F)c(Br)cc12. The van der Waals surface area contributed by atoms with E-state index in [2.05, 4.69) is 36.2 Å². The highest BCUT2D eigenvalue weighted by molar-refractivity contribution is 9.10. The number of aromatic nitrogens is 3. The van der Waals surface area contributed by atoms with Gasteiger partial charge >= 0.3 is 0 Å². The topological polar surface area (TPSA) is 50.7 Å².